The third-order valence-electron chi connectivity index (χ3n) is 3.44. The summed E-state index contributed by atoms with van der Waals surface area (Å²) < 4.78 is 16.5. The fourth-order valence-corrected chi connectivity index (χ4v) is 2.32. The van der Waals surface area contributed by atoms with Gasteiger partial charge in [-0.15, -0.1) is 0 Å². The molecule has 0 amide bonds. The quantitative estimate of drug-likeness (QED) is 0.805. The van der Waals surface area contributed by atoms with Gasteiger partial charge in [0.25, 0.3) is 0 Å². The summed E-state index contributed by atoms with van der Waals surface area (Å²) in [6.45, 7) is 5.52. The van der Waals surface area contributed by atoms with Crippen LogP contribution in [0.1, 0.15) is 25.0 Å². The summed E-state index contributed by atoms with van der Waals surface area (Å²) in [6, 6.07) is 14.0. The van der Waals surface area contributed by atoms with Crippen molar-refractivity contribution in [1.29, 1.82) is 0 Å². The second-order valence-corrected chi connectivity index (χ2v) is 5.57. The predicted molar refractivity (Wildman–Crippen MR) is 92.3 cm³/mol. The summed E-state index contributed by atoms with van der Waals surface area (Å²) in [5, 5.41) is 3.44. The molecule has 2 aromatic rings. The van der Waals surface area contributed by atoms with E-state index < -0.39 is 0 Å². The van der Waals surface area contributed by atoms with E-state index in [9.17, 15) is 0 Å². The van der Waals surface area contributed by atoms with Crippen LogP contribution in [0, 0.1) is 0 Å². The zero-order valence-corrected chi connectivity index (χ0v) is 14.3. The topological polar surface area (TPSA) is 39.7 Å². The molecule has 0 radical (unpaired) electrons. The van der Waals surface area contributed by atoms with Gasteiger partial charge in [0.1, 0.15) is 5.75 Å². The monoisotopic (exact) mass is 315 g/mol. The van der Waals surface area contributed by atoms with E-state index in [1.807, 2.05) is 38.1 Å². The predicted octanol–water partition coefficient (Wildman–Crippen LogP) is 3.78. The fourth-order valence-electron chi connectivity index (χ4n) is 2.32. The molecule has 0 unspecified atom stereocenters. The molecule has 0 heterocycles. The van der Waals surface area contributed by atoms with Gasteiger partial charge in [0.15, 0.2) is 11.5 Å². The summed E-state index contributed by atoms with van der Waals surface area (Å²) >= 11 is 0. The molecule has 1 N–H and O–H groups in total. The minimum absolute atomic E-state index is 0.103. The Morgan fingerprint density at radius 1 is 0.913 bits per heavy atom. The Labute approximate surface area is 138 Å². The zero-order chi connectivity index (χ0) is 16.7. The smallest absolute Gasteiger partial charge is 0.166 e. The van der Waals surface area contributed by atoms with Crippen LogP contribution in [0.25, 0.3) is 0 Å². The van der Waals surface area contributed by atoms with Crippen LogP contribution >= 0.6 is 0 Å². The number of hydrogen-bond donors (Lipinski definition) is 1. The van der Waals surface area contributed by atoms with Crippen molar-refractivity contribution >= 4 is 0 Å². The molecule has 0 spiro atoms. The molecular formula is C19H25NO3. The van der Waals surface area contributed by atoms with E-state index in [-0.39, 0.29) is 6.10 Å². The third-order valence-corrected chi connectivity index (χ3v) is 3.44. The molecule has 0 aliphatic rings. The lowest BCUT2D eigenvalue weighted by Gasteiger charge is -2.17. The number of nitrogens with one attached hydrogen (secondary N) is 1. The first kappa shape index (κ1) is 17.2. The molecule has 4 heteroatoms. The highest BCUT2D eigenvalue weighted by Gasteiger charge is 2.11. The van der Waals surface area contributed by atoms with Gasteiger partial charge in [0.05, 0.1) is 20.3 Å². The first-order chi connectivity index (χ1) is 11.1. The Morgan fingerprint density at radius 3 is 2.26 bits per heavy atom. The lowest BCUT2D eigenvalue weighted by Crippen LogP contribution is -2.15. The van der Waals surface area contributed by atoms with Crippen LogP contribution in [0.4, 0.5) is 0 Å². The summed E-state index contributed by atoms with van der Waals surface area (Å²) in [5.74, 6) is 2.45. The van der Waals surface area contributed by atoms with Crippen molar-refractivity contribution in [3.8, 4) is 17.2 Å². The maximum absolute atomic E-state index is 5.92. The van der Waals surface area contributed by atoms with Gasteiger partial charge in [-0.2, -0.15) is 0 Å². The van der Waals surface area contributed by atoms with Crippen molar-refractivity contribution < 1.29 is 14.2 Å². The average molecular weight is 315 g/mol. The van der Waals surface area contributed by atoms with E-state index in [1.54, 1.807) is 14.2 Å². The van der Waals surface area contributed by atoms with Gasteiger partial charge >= 0.3 is 0 Å². The van der Waals surface area contributed by atoms with Gasteiger partial charge in [0.2, 0.25) is 0 Å². The highest BCUT2D eigenvalue weighted by molar-refractivity contribution is 5.46. The molecule has 0 bridgehead atoms. The summed E-state index contributed by atoms with van der Waals surface area (Å²) in [4.78, 5) is 0. The molecule has 0 saturated heterocycles. The highest BCUT2D eigenvalue weighted by atomic mass is 16.5. The molecule has 2 aromatic carbocycles. The van der Waals surface area contributed by atoms with Gasteiger partial charge < -0.3 is 19.5 Å². The molecule has 0 fully saturated rings. The number of rotatable bonds is 8. The normalized spacial score (nSPS) is 10.7. The SMILES string of the molecule is COc1ccc(CNCc2cccc(OC)c2OC(C)C)cc1. The largest absolute Gasteiger partial charge is 0.497 e. The van der Waals surface area contributed by atoms with Crippen LogP contribution in [-0.4, -0.2) is 20.3 Å². The van der Waals surface area contributed by atoms with Crippen LogP contribution in [0.2, 0.25) is 0 Å². The minimum atomic E-state index is 0.103. The first-order valence-electron chi connectivity index (χ1n) is 7.80. The summed E-state index contributed by atoms with van der Waals surface area (Å²) in [7, 11) is 3.34. The van der Waals surface area contributed by atoms with Crippen LogP contribution < -0.4 is 19.5 Å². The Kier molecular flexibility index (Phi) is 6.29. The number of para-hydroxylation sites is 1. The van der Waals surface area contributed by atoms with Gasteiger partial charge in [-0.05, 0) is 37.6 Å². The Balaban J connectivity index is 2.01. The molecule has 2 rings (SSSR count). The molecule has 0 atom stereocenters. The van der Waals surface area contributed by atoms with E-state index in [1.165, 1.54) is 5.56 Å². The molecule has 0 aliphatic heterocycles. The lowest BCUT2D eigenvalue weighted by molar-refractivity contribution is 0.227. The van der Waals surface area contributed by atoms with E-state index in [2.05, 4.69) is 23.5 Å². The first-order valence-corrected chi connectivity index (χ1v) is 7.80. The highest BCUT2D eigenvalue weighted by Crippen LogP contribution is 2.32. The van der Waals surface area contributed by atoms with Crippen LogP contribution in [-0.2, 0) is 13.1 Å². The molecule has 124 valence electrons. The van der Waals surface area contributed by atoms with Crippen molar-refractivity contribution in [3.05, 3.63) is 53.6 Å². The molecular weight excluding hydrogens is 290 g/mol. The van der Waals surface area contributed by atoms with E-state index in [4.69, 9.17) is 14.2 Å². The van der Waals surface area contributed by atoms with Crippen LogP contribution in [0.5, 0.6) is 17.2 Å². The minimum Gasteiger partial charge on any atom is -0.497 e. The van der Waals surface area contributed by atoms with Crippen molar-refractivity contribution in [2.24, 2.45) is 0 Å². The van der Waals surface area contributed by atoms with Gasteiger partial charge in [-0.3, -0.25) is 0 Å². The van der Waals surface area contributed by atoms with E-state index in [0.717, 1.165) is 29.4 Å². The third kappa shape index (κ3) is 4.89. The van der Waals surface area contributed by atoms with E-state index >= 15 is 0 Å². The Bertz CT molecular complexity index is 609. The van der Waals surface area contributed by atoms with Crippen molar-refractivity contribution in [1.82, 2.24) is 5.32 Å². The molecule has 0 aliphatic carbocycles. The molecule has 0 aromatic heterocycles. The van der Waals surface area contributed by atoms with Crippen molar-refractivity contribution in [3.63, 3.8) is 0 Å². The zero-order valence-electron chi connectivity index (χ0n) is 14.3. The van der Waals surface area contributed by atoms with E-state index in [0.29, 0.717) is 6.54 Å². The second-order valence-electron chi connectivity index (χ2n) is 5.57. The second kappa shape index (κ2) is 8.44. The maximum Gasteiger partial charge on any atom is 0.166 e. The van der Waals surface area contributed by atoms with Gasteiger partial charge in [0, 0.05) is 18.7 Å². The Morgan fingerprint density at radius 2 is 1.65 bits per heavy atom. The van der Waals surface area contributed by atoms with Gasteiger partial charge in [-0.25, -0.2) is 0 Å². The molecule has 23 heavy (non-hydrogen) atoms. The number of methoxy groups -OCH3 is 2. The van der Waals surface area contributed by atoms with Gasteiger partial charge in [-0.1, -0.05) is 24.3 Å². The Hall–Kier alpha value is -2.20. The molecule has 4 nitrogen and oxygen atoms in total. The fraction of sp³-hybridized carbons (Fsp3) is 0.368. The van der Waals surface area contributed by atoms with Crippen LogP contribution in [0.15, 0.2) is 42.5 Å². The average Bonchev–Trinajstić information content (AvgIpc) is 2.56. The number of benzene rings is 2. The van der Waals surface area contributed by atoms with Crippen LogP contribution in [0.3, 0.4) is 0 Å². The standard InChI is InChI=1S/C19H25NO3/c1-14(2)23-19-16(6-5-7-18(19)22-4)13-20-12-15-8-10-17(21-3)11-9-15/h5-11,14,20H,12-13H2,1-4H3. The maximum atomic E-state index is 5.92. The summed E-state index contributed by atoms with van der Waals surface area (Å²) in [5.41, 5.74) is 2.30. The lowest BCUT2D eigenvalue weighted by atomic mass is 10.1. The summed E-state index contributed by atoms with van der Waals surface area (Å²) in [6.07, 6.45) is 0.103. The molecule has 0 saturated carbocycles. The van der Waals surface area contributed by atoms with Crippen molar-refractivity contribution in [2.45, 2.75) is 33.0 Å². The van der Waals surface area contributed by atoms with Crippen molar-refractivity contribution in [2.75, 3.05) is 14.2 Å². The number of ether oxygens (including phenoxy) is 3. The number of hydrogen-bond acceptors (Lipinski definition) is 4.